The maximum atomic E-state index is 12.4. The van der Waals surface area contributed by atoms with Crippen LogP contribution in [0.4, 0.5) is 11.6 Å². The summed E-state index contributed by atoms with van der Waals surface area (Å²) in [6.45, 7) is 0.700. The highest BCUT2D eigenvalue weighted by molar-refractivity contribution is 7.19. The van der Waals surface area contributed by atoms with E-state index in [9.17, 15) is 4.79 Å². The van der Waals surface area contributed by atoms with E-state index in [0.717, 1.165) is 52.2 Å². The van der Waals surface area contributed by atoms with E-state index in [1.165, 1.54) is 10.4 Å². The molecule has 0 radical (unpaired) electrons. The summed E-state index contributed by atoms with van der Waals surface area (Å²) in [7, 11) is 3.65. The molecule has 0 bridgehead atoms. The van der Waals surface area contributed by atoms with Crippen molar-refractivity contribution in [3.8, 4) is 0 Å². The summed E-state index contributed by atoms with van der Waals surface area (Å²) in [6.07, 6.45) is 7.84. The normalized spacial score (nSPS) is 17.4. The van der Waals surface area contributed by atoms with E-state index < -0.39 is 0 Å². The third-order valence-corrected chi connectivity index (χ3v) is 6.56. The largest absolute Gasteiger partial charge is 0.349 e. The molecule has 4 heterocycles. The molecule has 3 aromatic rings. The zero-order valence-electron chi connectivity index (χ0n) is 15.8. The van der Waals surface area contributed by atoms with Crippen molar-refractivity contribution >= 4 is 45.3 Å². The van der Waals surface area contributed by atoms with Gasteiger partial charge in [-0.2, -0.15) is 0 Å². The fourth-order valence-electron chi connectivity index (χ4n) is 3.96. The molecule has 0 fully saturated rings. The Hall–Kier alpha value is -2.87. The number of aliphatic imine (C=N–C) groups is 1. The number of hydrogen-bond donors (Lipinski definition) is 1. The van der Waals surface area contributed by atoms with Crippen molar-refractivity contribution in [2.45, 2.75) is 25.8 Å². The van der Waals surface area contributed by atoms with Crippen molar-refractivity contribution in [3.05, 3.63) is 40.2 Å². The predicted octanol–water partition coefficient (Wildman–Crippen LogP) is 2.96. The summed E-state index contributed by atoms with van der Waals surface area (Å²) < 4.78 is 0. The van der Waals surface area contributed by atoms with Crippen LogP contribution < -0.4 is 5.32 Å². The van der Waals surface area contributed by atoms with Gasteiger partial charge in [0, 0.05) is 48.4 Å². The van der Waals surface area contributed by atoms with E-state index in [-0.39, 0.29) is 11.8 Å². The van der Waals surface area contributed by atoms with E-state index >= 15 is 0 Å². The molecule has 7 nitrogen and oxygen atoms in total. The van der Waals surface area contributed by atoms with Crippen molar-refractivity contribution in [3.63, 3.8) is 0 Å². The highest BCUT2D eigenvalue weighted by atomic mass is 32.1. The van der Waals surface area contributed by atoms with Crippen molar-refractivity contribution < 1.29 is 4.79 Å². The molecule has 0 saturated carbocycles. The van der Waals surface area contributed by atoms with E-state index in [1.807, 2.05) is 32.6 Å². The number of nitrogens with zero attached hydrogens (tertiary/aromatic N) is 5. The van der Waals surface area contributed by atoms with Crippen molar-refractivity contribution in [1.82, 2.24) is 19.9 Å². The smallest absolute Gasteiger partial charge is 0.225 e. The zero-order chi connectivity index (χ0) is 19.3. The Morgan fingerprint density at radius 1 is 1.29 bits per heavy atom. The van der Waals surface area contributed by atoms with Crippen LogP contribution in [0.3, 0.4) is 0 Å². The number of fused-ring (bicyclic) bond motifs is 4. The van der Waals surface area contributed by atoms with Gasteiger partial charge in [0.25, 0.3) is 0 Å². The molecule has 1 atom stereocenters. The summed E-state index contributed by atoms with van der Waals surface area (Å²) in [5, 5.41) is 4.44. The van der Waals surface area contributed by atoms with Gasteiger partial charge in [-0.15, -0.1) is 11.3 Å². The minimum Gasteiger partial charge on any atom is -0.349 e. The Morgan fingerprint density at radius 2 is 2.18 bits per heavy atom. The van der Waals surface area contributed by atoms with Crippen LogP contribution in [0.2, 0.25) is 0 Å². The Bertz CT molecular complexity index is 1120. The first-order chi connectivity index (χ1) is 13.6. The third-order valence-electron chi connectivity index (χ3n) is 5.40. The molecule has 1 amide bonds. The standard InChI is InChI=1S/C20H20N6OS/c1-26(2)20(27)11-3-4-14-15(5-11)28-19-17(14)18(23-10-24-19)25-16-6-12-7-21-8-13(12)9-22-16/h6-7,9-11H,3-5,8H2,1-2H3,(H,22,23,24,25)/t11-/m0/s1. The lowest BCUT2D eigenvalue weighted by Gasteiger charge is -2.24. The lowest BCUT2D eigenvalue weighted by Crippen LogP contribution is -2.32. The van der Waals surface area contributed by atoms with Gasteiger partial charge in [0.05, 0.1) is 11.9 Å². The molecule has 1 N–H and O–H groups in total. The van der Waals surface area contributed by atoms with Crippen LogP contribution in [0.1, 0.15) is 28.0 Å². The molecule has 0 spiro atoms. The number of aryl methyl sites for hydroxylation is 1. The van der Waals surface area contributed by atoms with Crippen molar-refractivity contribution in [2.24, 2.45) is 10.9 Å². The number of nitrogens with one attached hydrogen (secondary N) is 1. The molecule has 142 valence electrons. The second-order valence-electron chi connectivity index (χ2n) is 7.44. The number of pyridine rings is 1. The van der Waals surface area contributed by atoms with Gasteiger partial charge in [-0.25, -0.2) is 15.0 Å². The van der Waals surface area contributed by atoms with E-state index in [1.54, 1.807) is 22.6 Å². The zero-order valence-corrected chi connectivity index (χ0v) is 16.6. The van der Waals surface area contributed by atoms with E-state index in [0.29, 0.717) is 6.54 Å². The number of thiophene rings is 1. The lowest BCUT2D eigenvalue weighted by molar-refractivity contribution is -0.133. The Labute approximate surface area is 166 Å². The average Bonchev–Trinajstić information content (AvgIpc) is 3.30. The first kappa shape index (κ1) is 17.2. The number of aromatic nitrogens is 3. The first-order valence-corrected chi connectivity index (χ1v) is 10.1. The molecule has 1 aliphatic heterocycles. The highest BCUT2D eigenvalue weighted by Crippen LogP contribution is 2.40. The van der Waals surface area contributed by atoms with Gasteiger partial charge < -0.3 is 10.2 Å². The number of hydrogen-bond acceptors (Lipinski definition) is 7. The maximum absolute atomic E-state index is 12.4. The molecule has 1 aliphatic carbocycles. The van der Waals surface area contributed by atoms with Crippen LogP contribution in [0.15, 0.2) is 23.6 Å². The van der Waals surface area contributed by atoms with Gasteiger partial charge in [-0.05, 0) is 30.9 Å². The minimum atomic E-state index is 0.0533. The van der Waals surface area contributed by atoms with Crippen LogP contribution in [-0.2, 0) is 24.2 Å². The van der Waals surface area contributed by atoms with Gasteiger partial charge in [-0.3, -0.25) is 9.79 Å². The van der Waals surface area contributed by atoms with Gasteiger partial charge in [0.1, 0.15) is 22.8 Å². The summed E-state index contributed by atoms with van der Waals surface area (Å²) in [5.74, 6) is 1.79. The Balaban J connectivity index is 1.50. The topological polar surface area (TPSA) is 83.4 Å². The van der Waals surface area contributed by atoms with Crippen LogP contribution in [0, 0.1) is 5.92 Å². The quantitative estimate of drug-likeness (QED) is 0.741. The van der Waals surface area contributed by atoms with Crippen molar-refractivity contribution in [1.29, 1.82) is 0 Å². The summed E-state index contributed by atoms with van der Waals surface area (Å²) in [4.78, 5) is 34.1. The molecule has 8 heteroatoms. The number of carbonyl (C=O) groups is 1. The van der Waals surface area contributed by atoms with Crippen LogP contribution >= 0.6 is 11.3 Å². The molecule has 5 rings (SSSR count). The number of amides is 1. The average molecular weight is 392 g/mol. The fourth-order valence-corrected chi connectivity index (χ4v) is 5.23. The first-order valence-electron chi connectivity index (χ1n) is 9.32. The molecule has 3 aromatic heterocycles. The second kappa shape index (κ2) is 6.63. The Morgan fingerprint density at radius 3 is 3.04 bits per heavy atom. The van der Waals surface area contributed by atoms with Crippen LogP contribution in [0.25, 0.3) is 10.2 Å². The highest BCUT2D eigenvalue weighted by Gasteiger charge is 2.29. The summed E-state index contributed by atoms with van der Waals surface area (Å²) in [5.41, 5.74) is 3.51. The minimum absolute atomic E-state index is 0.0533. The van der Waals surface area contributed by atoms with Gasteiger partial charge in [0.2, 0.25) is 5.91 Å². The van der Waals surface area contributed by atoms with Gasteiger partial charge >= 0.3 is 0 Å². The number of carbonyl (C=O) groups excluding carboxylic acids is 1. The molecular weight excluding hydrogens is 372 g/mol. The van der Waals surface area contributed by atoms with E-state index in [4.69, 9.17) is 0 Å². The molecule has 0 aromatic carbocycles. The Kier molecular flexibility index (Phi) is 4.08. The predicted molar refractivity (Wildman–Crippen MR) is 110 cm³/mol. The van der Waals surface area contributed by atoms with Gasteiger partial charge in [0.15, 0.2) is 0 Å². The number of anilines is 2. The maximum Gasteiger partial charge on any atom is 0.225 e. The van der Waals surface area contributed by atoms with Crippen molar-refractivity contribution in [2.75, 3.05) is 19.4 Å². The second-order valence-corrected chi connectivity index (χ2v) is 8.53. The molecule has 28 heavy (non-hydrogen) atoms. The third kappa shape index (κ3) is 2.84. The monoisotopic (exact) mass is 392 g/mol. The van der Waals surface area contributed by atoms with E-state index in [2.05, 4.69) is 25.3 Å². The molecule has 2 aliphatic rings. The van der Waals surface area contributed by atoms with Crippen LogP contribution in [-0.4, -0.2) is 46.1 Å². The van der Waals surface area contributed by atoms with Crippen LogP contribution in [0.5, 0.6) is 0 Å². The van der Waals surface area contributed by atoms with Gasteiger partial charge in [-0.1, -0.05) is 0 Å². The summed E-state index contributed by atoms with van der Waals surface area (Å²) in [6, 6.07) is 2.00. The molecular formula is C20H20N6OS. The molecule has 0 saturated heterocycles. The lowest BCUT2D eigenvalue weighted by atomic mass is 9.87. The molecule has 0 unspecified atom stereocenters. The number of rotatable bonds is 3. The SMILES string of the molecule is CN(C)C(=O)[C@H]1CCc2c(sc3ncnc(Nc4cc5c(cn4)CN=C5)c23)C1. The fraction of sp³-hybridized carbons (Fsp3) is 0.350. The summed E-state index contributed by atoms with van der Waals surface area (Å²) >= 11 is 1.67.